The molecular weight excluding hydrogens is 417 g/mol. The van der Waals surface area contributed by atoms with Crippen molar-refractivity contribution >= 4 is 21.8 Å². The van der Waals surface area contributed by atoms with Crippen molar-refractivity contribution in [3.63, 3.8) is 0 Å². The summed E-state index contributed by atoms with van der Waals surface area (Å²) in [4.78, 5) is 18.2. The highest BCUT2D eigenvalue weighted by Gasteiger charge is 2.31. The van der Waals surface area contributed by atoms with Crippen LogP contribution in [-0.2, 0) is 0 Å². The van der Waals surface area contributed by atoms with Crippen molar-refractivity contribution in [3.8, 4) is 11.6 Å². The van der Waals surface area contributed by atoms with E-state index in [4.69, 9.17) is 4.74 Å². The van der Waals surface area contributed by atoms with E-state index in [-0.39, 0.29) is 17.8 Å². The van der Waals surface area contributed by atoms with Crippen LogP contribution in [0.15, 0.2) is 47.1 Å². The van der Waals surface area contributed by atoms with Gasteiger partial charge in [0.2, 0.25) is 5.88 Å². The lowest BCUT2D eigenvalue weighted by atomic mass is 10.2. The molecule has 5 nitrogen and oxygen atoms in total. The van der Waals surface area contributed by atoms with Crippen molar-refractivity contribution in [2.45, 2.75) is 18.9 Å². The maximum Gasteiger partial charge on any atom is 0.573 e. The molecule has 1 amide bonds. The fourth-order valence-corrected chi connectivity index (χ4v) is 2.83. The predicted molar refractivity (Wildman–Crippen MR) is 90.0 cm³/mol. The molecule has 0 bridgehead atoms. The van der Waals surface area contributed by atoms with E-state index in [1.807, 2.05) is 6.07 Å². The van der Waals surface area contributed by atoms with Gasteiger partial charge in [-0.15, -0.1) is 13.2 Å². The Morgan fingerprint density at radius 2 is 1.92 bits per heavy atom. The summed E-state index contributed by atoms with van der Waals surface area (Å²) in [5.41, 5.74) is 0.293. The van der Waals surface area contributed by atoms with Gasteiger partial charge >= 0.3 is 6.36 Å². The van der Waals surface area contributed by atoms with E-state index >= 15 is 0 Å². The number of hydrogen-bond donors (Lipinski definition) is 0. The Labute approximate surface area is 155 Å². The molecule has 26 heavy (non-hydrogen) atoms. The maximum atomic E-state index is 12.5. The van der Waals surface area contributed by atoms with Crippen LogP contribution in [0.3, 0.4) is 0 Å². The monoisotopic (exact) mass is 430 g/mol. The van der Waals surface area contributed by atoms with Crippen LogP contribution in [0.5, 0.6) is 11.6 Å². The van der Waals surface area contributed by atoms with Crippen molar-refractivity contribution < 1.29 is 27.4 Å². The standard InChI is InChI=1S/C17H14BrF3N2O3/c18-12-3-6-15(22-9-12)25-14-7-8-23(10-14)16(24)11-1-4-13(5-2-11)26-17(19,20)21/h1-6,9,14H,7-8,10H2. The van der Waals surface area contributed by atoms with E-state index < -0.39 is 6.36 Å². The molecule has 1 aromatic carbocycles. The first-order chi connectivity index (χ1) is 12.3. The van der Waals surface area contributed by atoms with Crippen molar-refractivity contribution in [2.75, 3.05) is 13.1 Å². The molecule has 0 spiro atoms. The Hall–Kier alpha value is -2.29. The Balaban J connectivity index is 1.58. The number of hydrogen-bond acceptors (Lipinski definition) is 4. The number of carbonyl (C=O) groups excluding carboxylic acids is 1. The highest BCUT2D eigenvalue weighted by atomic mass is 79.9. The molecule has 0 radical (unpaired) electrons. The number of benzene rings is 1. The summed E-state index contributed by atoms with van der Waals surface area (Å²) < 4.78 is 46.9. The number of carbonyl (C=O) groups is 1. The van der Waals surface area contributed by atoms with Gasteiger partial charge in [0.15, 0.2) is 0 Å². The van der Waals surface area contributed by atoms with Gasteiger partial charge in [-0.3, -0.25) is 4.79 Å². The van der Waals surface area contributed by atoms with Crippen LogP contribution in [0.2, 0.25) is 0 Å². The van der Waals surface area contributed by atoms with Gasteiger partial charge in [-0.2, -0.15) is 0 Å². The number of halogens is 4. The zero-order valence-electron chi connectivity index (χ0n) is 13.4. The zero-order chi connectivity index (χ0) is 18.7. The molecule has 1 unspecified atom stereocenters. The number of rotatable bonds is 4. The maximum absolute atomic E-state index is 12.5. The molecule has 2 aromatic rings. The molecule has 0 aliphatic carbocycles. The third kappa shape index (κ3) is 4.87. The molecule has 138 valence electrons. The van der Waals surface area contributed by atoms with Gasteiger partial charge in [0.1, 0.15) is 11.9 Å². The van der Waals surface area contributed by atoms with Crippen LogP contribution in [-0.4, -0.2) is 41.3 Å². The first-order valence-electron chi connectivity index (χ1n) is 7.73. The minimum atomic E-state index is -4.76. The van der Waals surface area contributed by atoms with Crippen molar-refractivity contribution in [3.05, 3.63) is 52.6 Å². The number of nitrogens with zero attached hydrogens (tertiary/aromatic N) is 2. The molecule has 0 N–H and O–H groups in total. The Morgan fingerprint density at radius 3 is 2.54 bits per heavy atom. The highest BCUT2D eigenvalue weighted by Crippen LogP contribution is 2.24. The van der Waals surface area contributed by atoms with Crippen molar-refractivity contribution in [2.24, 2.45) is 0 Å². The lowest BCUT2D eigenvalue weighted by Gasteiger charge is -2.17. The number of alkyl halides is 3. The minimum Gasteiger partial charge on any atom is -0.472 e. The van der Waals surface area contributed by atoms with Gasteiger partial charge in [-0.05, 0) is 46.3 Å². The molecular formula is C17H14BrF3N2O3. The molecule has 1 aromatic heterocycles. The highest BCUT2D eigenvalue weighted by molar-refractivity contribution is 9.10. The lowest BCUT2D eigenvalue weighted by Crippen LogP contribution is -2.31. The average Bonchev–Trinajstić information content (AvgIpc) is 3.04. The second-order valence-corrected chi connectivity index (χ2v) is 6.58. The van der Waals surface area contributed by atoms with E-state index in [0.29, 0.717) is 31.0 Å². The van der Waals surface area contributed by atoms with E-state index in [1.54, 1.807) is 17.2 Å². The van der Waals surface area contributed by atoms with Crippen molar-refractivity contribution in [1.29, 1.82) is 0 Å². The van der Waals surface area contributed by atoms with Crippen molar-refractivity contribution in [1.82, 2.24) is 9.88 Å². The number of aromatic nitrogens is 1. The first-order valence-corrected chi connectivity index (χ1v) is 8.53. The molecule has 0 saturated carbocycles. The van der Waals surface area contributed by atoms with Gasteiger partial charge in [0, 0.05) is 35.3 Å². The summed E-state index contributed by atoms with van der Waals surface area (Å²) in [5.74, 6) is -0.155. The normalized spacial score (nSPS) is 17.2. The molecule has 3 rings (SSSR count). The van der Waals surface area contributed by atoms with E-state index in [0.717, 1.165) is 16.6 Å². The van der Waals surface area contributed by atoms with E-state index in [9.17, 15) is 18.0 Å². The second kappa shape index (κ2) is 7.53. The molecule has 1 atom stereocenters. The first kappa shape index (κ1) is 18.5. The molecule has 1 aliphatic heterocycles. The molecule has 2 heterocycles. The summed E-state index contributed by atoms with van der Waals surface area (Å²) in [6.07, 6.45) is -2.66. The van der Waals surface area contributed by atoms with Gasteiger partial charge in [-0.1, -0.05) is 0 Å². The molecule has 1 aliphatic rings. The SMILES string of the molecule is O=C(c1ccc(OC(F)(F)F)cc1)N1CCC(Oc2ccc(Br)cn2)C1. The quantitative estimate of drug-likeness (QED) is 0.734. The van der Waals surface area contributed by atoms with Gasteiger partial charge in [-0.25, -0.2) is 4.98 Å². The third-order valence-corrected chi connectivity index (χ3v) is 4.22. The lowest BCUT2D eigenvalue weighted by molar-refractivity contribution is -0.274. The van der Waals surface area contributed by atoms with Crippen LogP contribution in [0.1, 0.15) is 16.8 Å². The summed E-state index contributed by atoms with van der Waals surface area (Å²) in [5, 5.41) is 0. The van der Waals surface area contributed by atoms with Crippen LogP contribution in [0.4, 0.5) is 13.2 Å². The average molecular weight is 431 g/mol. The smallest absolute Gasteiger partial charge is 0.472 e. The largest absolute Gasteiger partial charge is 0.573 e. The Bertz CT molecular complexity index is 766. The summed E-state index contributed by atoms with van der Waals surface area (Å²) >= 11 is 3.29. The summed E-state index contributed by atoms with van der Waals surface area (Å²) in [6, 6.07) is 8.41. The summed E-state index contributed by atoms with van der Waals surface area (Å²) in [7, 11) is 0. The van der Waals surface area contributed by atoms with Gasteiger partial charge in [0.05, 0.1) is 6.54 Å². The van der Waals surface area contributed by atoms with Gasteiger partial charge in [0.25, 0.3) is 5.91 Å². The predicted octanol–water partition coefficient (Wildman–Crippen LogP) is 4.04. The Kier molecular flexibility index (Phi) is 5.36. The molecule has 9 heteroatoms. The minimum absolute atomic E-state index is 0.180. The zero-order valence-corrected chi connectivity index (χ0v) is 15.0. The number of amides is 1. The molecule has 1 saturated heterocycles. The third-order valence-electron chi connectivity index (χ3n) is 3.75. The molecule has 1 fully saturated rings. The van der Waals surface area contributed by atoms with E-state index in [1.165, 1.54) is 12.1 Å². The second-order valence-electron chi connectivity index (χ2n) is 5.67. The number of ether oxygens (including phenoxy) is 2. The topological polar surface area (TPSA) is 51.7 Å². The van der Waals surface area contributed by atoms with Crippen LogP contribution < -0.4 is 9.47 Å². The van der Waals surface area contributed by atoms with E-state index in [2.05, 4.69) is 25.7 Å². The van der Waals surface area contributed by atoms with Crippen LogP contribution in [0, 0.1) is 0 Å². The number of pyridine rings is 1. The van der Waals surface area contributed by atoms with Crippen LogP contribution >= 0.6 is 15.9 Å². The Morgan fingerprint density at radius 1 is 1.19 bits per heavy atom. The number of likely N-dealkylation sites (tertiary alicyclic amines) is 1. The summed E-state index contributed by atoms with van der Waals surface area (Å²) in [6.45, 7) is 0.887. The fraction of sp³-hybridized carbons (Fsp3) is 0.294. The van der Waals surface area contributed by atoms with Crippen LogP contribution in [0.25, 0.3) is 0 Å². The fourth-order valence-electron chi connectivity index (χ4n) is 2.59. The van der Waals surface area contributed by atoms with Gasteiger partial charge < -0.3 is 14.4 Å².